The van der Waals surface area contributed by atoms with Crippen molar-refractivity contribution < 1.29 is 19.2 Å². The Bertz CT molecular complexity index is 850. The first-order valence-electron chi connectivity index (χ1n) is 6.58. The van der Waals surface area contributed by atoms with Crippen LogP contribution in [0, 0.1) is 15.9 Å². The second kappa shape index (κ2) is 5.58. The van der Waals surface area contributed by atoms with Gasteiger partial charge in [-0.3, -0.25) is 14.9 Å². The molecule has 0 saturated heterocycles. The summed E-state index contributed by atoms with van der Waals surface area (Å²) >= 11 is 0. The smallest absolute Gasteiger partial charge is 0.276 e. The van der Waals surface area contributed by atoms with Gasteiger partial charge in [-0.1, -0.05) is 12.1 Å². The molecular formula is C15H10FN3O4. The summed E-state index contributed by atoms with van der Waals surface area (Å²) in [6, 6.07) is 9.35. The number of aliphatic hydroxyl groups excluding tert-OH is 1. The quantitative estimate of drug-likeness (QED) is 0.651. The first-order valence-corrected chi connectivity index (χ1v) is 6.58. The van der Waals surface area contributed by atoms with Gasteiger partial charge < -0.3 is 10.4 Å². The van der Waals surface area contributed by atoms with E-state index >= 15 is 0 Å². The SMILES string of the molecule is O=C1Nc2ccc([N+](=O)[O-])cc2C(c2ccccc2F)=NC1O. The molecule has 7 nitrogen and oxygen atoms in total. The molecule has 0 spiro atoms. The number of benzodiazepines with no additional fused rings is 1. The summed E-state index contributed by atoms with van der Waals surface area (Å²) < 4.78 is 14.1. The topological polar surface area (TPSA) is 105 Å². The van der Waals surface area contributed by atoms with E-state index in [2.05, 4.69) is 10.3 Å². The Morgan fingerprint density at radius 1 is 1.22 bits per heavy atom. The van der Waals surface area contributed by atoms with Crippen molar-refractivity contribution in [3.05, 3.63) is 69.5 Å². The van der Waals surface area contributed by atoms with E-state index in [1.54, 1.807) is 6.07 Å². The molecular weight excluding hydrogens is 305 g/mol. The van der Waals surface area contributed by atoms with Crippen LogP contribution in [0.3, 0.4) is 0 Å². The molecule has 23 heavy (non-hydrogen) atoms. The second-order valence-corrected chi connectivity index (χ2v) is 4.81. The highest BCUT2D eigenvalue weighted by molar-refractivity contribution is 6.19. The molecule has 0 bridgehead atoms. The molecule has 1 atom stereocenters. The summed E-state index contributed by atoms with van der Waals surface area (Å²) in [4.78, 5) is 25.9. The fourth-order valence-corrected chi connectivity index (χ4v) is 2.27. The summed E-state index contributed by atoms with van der Waals surface area (Å²) in [5.41, 5.74) is 0.129. The van der Waals surface area contributed by atoms with E-state index in [-0.39, 0.29) is 28.2 Å². The monoisotopic (exact) mass is 315 g/mol. The van der Waals surface area contributed by atoms with Gasteiger partial charge in [-0.15, -0.1) is 0 Å². The molecule has 3 rings (SSSR count). The number of aliphatic hydroxyl groups is 1. The number of aliphatic imine (C=N–C) groups is 1. The molecule has 1 aliphatic rings. The number of carbonyl (C=O) groups excluding carboxylic acids is 1. The number of benzene rings is 2. The van der Waals surface area contributed by atoms with Gasteiger partial charge in [-0.2, -0.15) is 0 Å². The molecule has 0 saturated carbocycles. The minimum Gasteiger partial charge on any atom is -0.364 e. The molecule has 8 heteroatoms. The predicted octanol–water partition coefficient (Wildman–Crippen LogP) is 1.84. The average molecular weight is 315 g/mol. The standard InChI is InChI=1S/C15H10FN3O4/c16-11-4-2-1-3-9(11)13-10-7-8(19(22)23)5-6-12(10)17-14(20)15(21)18-13/h1-7,15,21H,(H,17,20). The molecule has 2 aromatic rings. The summed E-state index contributed by atoms with van der Waals surface area (Å²) in [7, 11) is 0. The zero-order chi connectivity index (χ0) is 16.6. The lowest BCUT2D eigenvalue weighted by Gasteiger charge is -2.10. The van der Waals surface area contributed by atoms with Crippen molar-refractivity contribution in [1.29, 1.82) is 0 Å². The number of rotatable bonds is 2. The Hall–Kier alpha value is -3.13. The maximum absolute atomic E-state index is 14.1. The van der Waals surface area contributed by atoms with Crippen LogP contribution in [0.4, 0.5) is 15.8 Å². The van der Waals surface area contributed by atoms with Crippen LogP contribution < -0.4 is 5.32 Å². The van der Waals surface area contributed by atoms with Crippen LogP contribution in [-0.2, 0) is 4.79 Å². The summed E-state index contributed by atoms with van der Waals surface area (Å²) in [6.45, 7) is 0. The number of fused-ring (bicyclic) bond motifs is 1. The zero-order valence-electron chi connectivity index (χ0n) is 11.6. The largest absolute Gasteiger partial charge is 0.364 e. The highest BCUT2D eigenvalue weighted by Crippen LogP contribution is 2.28. The highest BCUT2D eigenvalue weighted by Gasteiger charge is 2.26. The number of nitrogens with one attached hydrogen (secondary N) is 1. The Morgan fingerprint density at radius 3 is 2.65 bits per heavy atom. The number of nitro groups is 1. The molecule has 1 heterocycles. The minimum atomic E-state index is -1.74. The highest BCUT2D eigenvalue weighted by atomic mass is 19.1. The lowest BCUT2D eigenvalue weighted by atomic mass is 9.99. The molecule has 0 radical (unpaired) electrons. The van der Waals surface area contributed by atoms with Crippen molar-refractivity contribution in [3.63, 3.8) is 0 Å². The van der Waals surface area contributed by atoms with Crippen LogP contribution in [0.2, 0.25) is 0 Å². The zero-order valence-corrected chi connectivity index (χ0v) is 11.6. The molecule has 116 valence electrons. The molecule has 1 unspecified atom stereocenters. The van der Waals surface area contributed by atoms with Crippen molar-refractivity contribution in [2.45, 2.75) is 6.23 Å². The number of anilines is 1. The fraction of sp³-hybridized carbons (Fsp3) is 0.0667. The molecule has 1 aliphatic heterocycles. The number of carbonyl (C=O) groups is 1. The van der Waals surface area contributed by atoms with E-state index in [1.807, 2.05) is 0 Å². The Morgan fingerprint density at radius 2 is 1.96 bits per heavy atom. The van der Waals surface area contributed by atoms with Crippen LogP contribution >= 0.6 is 0 Å². The lowest BCUT2D eigenvalue weighted by Crippen LogP contribution is -2.24. The normalized spacial score (nSPS) is 16.9. The van der Waals surface area contributed by atoms with E-state index in [1.165, 1.54) is 36.4 Å². The Balaban J connectivity index is 2.27. The number of hydrogen-bond acceptors (Lipinski definition) is 5. The maximum Gasteiger partial charge on any atom is 0.276 e. The van der Waals surface area contributed by atoms with Crippen LogP contribution in [0.5, 0.6) is 0 Å². The molecule has 1 amide bonds. The number of hydrogen-bond donors (Lipinski definition) is 2. The Kier molecular flexibility index (Phi) is 3.59. The number of non-ortho nitro benzene ring substituents is 1. The summed E-state index contributed by atoms with van der Waals surface area (Å²) in [5, 5.41) is 23.2. The molecule has 0 aliphatic carbocycles. The number of nitrogens with zero attached hydrogens (tertiary/aromatic N) is 2. The Labute approximate surface area is 129 Å². The second-order valence-electron chi connectivity index (χ2n) is 4.81. The molecule has 0 fully saturated rings. The van der Waals surface area contributed by atoms with Crippen molar-refractivity contribution >= 4 is 23.0 Å². The minimum absolute atomic E-state index is 0.0322. The lowest BCUT2D eigenvalue weighted by molar-refractivity contribution is -0.384. The molecule has 0 aromatic heterocycles. The van der Waals surface area contributed by atoms with Crippen LogP contribution in [0.1, 0.15) is 11.1 Å². The van der Waals surface area contributed by atoms with Crippen LogP contribution in [-0.4, -0.2) is 27.9 Å². The van der Waals surface area contributed by atoms with E-state index < -0.39 is 22.9 Å². The van der Waals surface area contributed by atoms with Gasteiger partial charge >= 0.3 is 0 Å². The van der Waals surface area contributed by atoms with Gasteiger partial charge in [-0.25, -0.2) is 9.38 Å². The van der Waals surface area contributed by atoms with Crippen LogP contribution in [0.25, 0.3) is 0 Å². The van der Waals surface area contributed by atoms with Crippen molar-refractivity contribution in [2.75, 3.05) is 5.32 Å². The van der Waals surface area contributed by atoms with Crippen LogP contribution in [0.15, 0.2) is 47.5 Å². The van der Waals surface area contributed by atoms with Crippen molar-refractivity contribution in [1.82, 2.24) is 0 Å². The summed E-state index contributed by atoms with van der Waals surface area (Å²) in [5.74, 6) is -1.42. The third-order valence-electron chi connectivity index (χ3n) is 3.34. The van der Waals surface area contributed by atoms with Gasteiger partial charge in [0.1, 0.15) is 5.82 Å². The van der Waals surface area contributed by atoms with E-state index in [0.29, 0.717) is 0 Å². The van der Waals surface area contributed by atoms with Gasteiger partial charge in [-0.05, 0) is 18.2 Å². The third kappa shape index (κ3) is 2.67. The van der Waals surface area contributed by atoms with E-state index in [9.17, 15) is 24.4 Å². The van der Waals surface area contributed by atoms with E-state index in [0.717, 1.165) is 0 Å². The number of amides is 1. The fourth-order valence-electron chi connectivity index (χ4n) is 2.27. The molecule has 2 aromatic carbocycles. The summed E-state index contributed by atoms with van der Waals surface area (Å²) in [6.07, 6.45) is -1.74. The van der Waals surface area contributed by atoms with Gasteiger partial charge in [0.25, 0.3) is 11.6 Å². The number of halogens is 1. The van der Waals surface area contributed by atoms with Crippen molar-refractivity contribution in [2.24, 2.45) is 4.99 Å². The average Bonchev–Trinajstić information content (AvgIpc) is 2.64. The third-order valence-corrected chi connectivity index (χ3v) is 3.34. The first kappa shape index (κ1) is 14.8. The van der Waals surface area contributed by atoms with Gasteiger partial charge in [0.2, 0.25) is 6.23 Å². The molecule has 2 N–H and O–H groups in total. The predicted molar refractivity (Wildman–Crippen MR) is 79.8 cm³/mol. The van der Waals surface area contributed by atoms with Gasteiger partial charge in [0, 0.05) is 23.3 Å². The number of nitro benzene ring substituents is 1. The van der Waals surface area contributed by atoms with Gasteiger partial charge in [0.15, 0.2) is 0 Å². The first-order chi connectivity index (χ1) is 11.0. The maximum atomic E-state index is 14.1. The van der Waals surface area contributed by atoms with E-state index in [4.69, 9.17) is 0 Å². The van der Waals surface area contributed by atoms with Crippen molar-refractivity contribution in [3.8, 4) is 0 Å². The van der Waals surface area contributed by atoms with Gasteiger partial charge in [0.05, 0.1) is 16.3 Å².